The lowest BCUT2D eigenvalue weighted by molar-refractivity contribution is -0.122. The number of carbonyl (C=O) groups excluding carboxylic acids is 1. The standard InChI is InChI=1S/C25H22FN3O4S3/c1-16-4-10-19(11-5-16)36(31,32)22-24(28-12-2-3-13-28)33-21(27-22)14-20-23(30)29(25(34)35-20)15-17-6-8-18(26)9-7-17/h4-11,14H,2-3,12-13,15H2,1H3. The van der Waals surface area contributed by atoms with E-state index >= 15 is 0 Å². The first kappa shape index (κ1) is 24.7. The number of rotatable bonds is 6. The highest BCUT2D eigenvalue weighted by Gasteiger charge is 2.35. The summed E-state index contributed by atoms with van der Waals surface area (Å²) in [6.07, 6.45) is 3.27. The molecule has 1 aromatic heterocycles. The Labute approximate surface area is 217 Å². The minimum atomic E-state index is -3.95. The zero-order valence-electron chi connectivity index (χ0n) is 19.3. The first-order chi connectivity index (χ1) is 17.2. The molecule has 3 heterocycles. The predicted octanol–water partition coefficient (Wildman–Crippen LogP) is 4.96. The first-order valence-corrected chi connectivity index (χ1v) is 14.0. The van der Waals surface area contributed by atoms with E-state index in [2.05, 4.69) is 4.98 Å². The van der Waals surface area contributed by atoms with Crippen LogP contribution in [0.1, 0.15) is 29.9 Å². The summed E-state index contributed by atoms with van der Waals surface area (Å²) >= 11 is 6.47. The molecule has 2 saturated heterocycles. The lowest BCUT2D eigenvalue weighted by atomic mass is 10.2. The molecule has 3 aromatic rings. The van der Waals surface area contributed by atoms with Gasteiger partial charge in [-0.25, -0.2) is 12.8 Å². The summed E-state index contributed by atoms with van der Waals surface area (Å²) < 4.78 is 46.4. The number of aryl methyl sites for hydroxylation is 1. The van der Waals surface area contributed by atoms with Crippen LogP contribution in [-0.2, 0) is 21.2 Å². The van der Waals surface area contributed by atoms with E-state index in [0.29, 0.717) is 17.4 Å². The Kier molecular flexibility index (Phi) is 6.71. The van der Waals surface area contributed by atoms with Crippen molar-refractivity contribution in [3.63, 3.8) is 0 Å². The van der Waals surface area contributed by atoms with Gasteiger partial charge in [0.15, 0.2) is 0 Å². The molecular weight excluding hydrogens is 521 g/mol. The highest BCUT2D eigenvalue weighted by Crippen LogP contribution is 2.37. The molecule has 2 aromatic carbocycles. The van der Waals surface area contributed by atoms with E-state index in [1.165, 1.54) is 23.1 Å². The minimum absolute atomic E-state index is 0.0184. The Balaban J connectivity index is 1.48. The molecule has 2 aliphatic heterocycles. The van der Waals surface area contributed by atoms with Gasteiger partial charge in [0.25, 0.3) is 5.91 Å². The molecular formula is C25H22FN3O4S3. The Bertz CT molecular complexity index is 1460. The normalized spacial score (nSPS) is 17.6. The van der Waals surface area contributed by atoms with Crippen LogP contribution >= 0.6 is 24.0 Å². The number of hydrogen-bond donors (Lipinski definition) is 0. The maximum Gasteiger partial charge on any atom is 0.266 e. The largest absolute Gasteiger partial charge is 0.420 e. The summed E-state index contributed by atoms with van der Waals surface area (Å²) in [6.45, 7) is 3.39. The van der Waals surface area contributed by atoms with Crippen LogP contribution < -0.4 is 4.90 Å². The minimum Gasteiger partial charge on any atom is -0.420 e. The Morgan fingerprint density at radius 3 is 2.44 bits per heavy atom. The second-order valence-electron chi connectivity index (χ2n) is 8.57. The maximum absolute atomic E-state index is 13.5. The number of amides is 1. The first-order valence-electron chi connectivity index (χ1n) is 11.3. The molecule has 0 saturated carbocycles. The zero-order chi connectivity index (χ0) is 25.4. The second kappa shape index (κ2) is 9.79. The van der Waals surface area contributed by atoms with E-state index < -0.39 is 9.84 Å². The number of oxazole rings is 1. The van der Waals surface area contributed by atoms with Gasteiger partial charge < -0.3 is 9.32 Å². The van der Waals surface area contributed by atoms with Gasteiger partial charge in [-0.05, 0) is 49.6 Å². The predicted molar refractivity (Wildman–Crippen MR) is 140 cm³/mol. The lowest BCUT2D eigenvalue weighted by Crippen LogP contribution is -2.27. The summed E-state index contributed by atoms with van der Waals surface area (Å²) in [5.41, 5.74) is 1.67. The van der Waals surface area contributed by atoms with E-state index in [-0.39, 0.29) is 44.9 Å². The van der Waals surface area contributed by atoms with E-state index in [1.54, 1.807) is 36.4 Å². The molecule has 2 fully saturated rings. The van der Waals surface area contributed by atoms with Crippen LogP contribution in [-0.4, -0.2) is 41.6 Å². The third-order valence-corrected chi connectivity index (χ3v) is 9.00. The molecule has 186 valence electrons. The van der Waals surface area contributed by atoms with Crippen molar-refractivity contribution in [1.29, 1.82) is 0 Å². The average Bonchev–Trinajstić information content (AvgIpc) is 3.58. The topological polar surface area (TPSA) is 83.7 Å². The summed E-state index contributed by atoms with van der Waals surface area (Å²) in [6, 6.07) is 12.4. The number of sulfone groups is 1. The third kappa shape index (κ3) is 4.82. The molecule has 11 heteroatoms. The molecule has 36 heavy (non-hydrogen) atoms. The molecule has 5 rings (SSSR count). The van der Waals surface area contributed by atoms with Crippen LogP contribution in [0.2, 0.25) is 0 Å². The molecule has 0 aliphatic carbocycles. The fourth-order valence-electron chi connectivity index (χ4n) is 4.02. The highest BCUT2D eigenvalue weighted by molar-refractivity contribution is 8.26. The van der Waals surface area contributed by atoms with Gasteiger partial charge >= 0.3 is 0 Å². The van der Waals surface area contributed by atoms with Gasteiger partial charge in [0.05, 0.1) is 16.3 Å². The van der Waals surface area contributed by atoms with Crippen molar-refractivity contribution in [3.05, 3.63) is 76.3 Å². The van der Waals surface area contributed by atoms with E-state index in [0.717, 1.165) is 35.7 Å². The Hall–Kier alpha value is -3.02. The summed E-state index contributed by atoms with van der Waals surface area (Å²) in [4.78, 5) is 21.1. The average molecular weight is 544 g/mol. The van der Waals surface area contributed by atoms with Crippen molar-refractivity contribution in [2.45, 2.75) is 36.2 Å². The van der Waals surface area contributed by atoms with Crippen LogP contribution in [0.5, 0.6) is 0 Å². The Morgan fingerprint density at radius 1 is 1.11 bits per heavy atom. The third-order valence-electron chi connectivity index (χ3n) is 5.96. The molecule has 7 nitrogen and oxygen atoms in total. The second-order valence-corrected chi connectivity index (χ2v) is 12.1. The highest BCUT2D eigenvalue weighted by atomic mass is 32.2. The zero-order valence-corrected chi connectivity index (χ0v) is 21.8. The van der Waals surface area contributed by atoms with Crippen molar-refractivity contribution in [1.82, 2.24) is 9.88 Å². The van der Waals surface area contributed by atoms with Gasteiger partial charge in [0.1, 0.15) is 10.1 Å². The van der Waals surface area contributed by atoms with Crippen LogP contribution in [0, 0.1) is 12.7 Å². The van der Waals surface area contributed by atoms with Crippen molar-refractivity contribution in [2.24, 2.45) is 0 Å². The number of halogens is 1. The van der Waals surface area contributed by atoms with Gasteiger partial charge in [-0.2, -0.15) is 4.98 Å². The molecule has 2 aliphatic rings. The van der Waals surface area contributed by atoms with Gasteiger partial charge in [0.2, 0.25) is 26.6 Å². The van der Waals surface area contributed by atoms with Crippen molar-refractivity contribution in [2.75, 3.05) is 18.0 Å². The lowest BCUT2D eigenvalue weighted by Gasteiger charge is -2.14. The fourth-order valence-corrected chi connectivity index (χ4v) is 6.57. The maximum atomic E-state index is 13.5. The number of thiocarbonyl (C=S) groups is 1. The molecule has 1 amide bonds. The SMILES string of the molecule is Cc1ccc(S(=O)(=O)c2nc(C=C3SC(=S)N(Cc4ccc(F)cc4)C3=O)oc2N2CCCC2)cc1. The van der Waals surface area contributed by atoms with Crippen LogP contribution in [0.15, 0.2) is 67.8 Å². The molecule has 0 spiro atoms. The van der Waals surface area contributed by atoms with Gasteiger partial charge in [-0.1, -0.05) is 53.8 Å². The molecule has 0 unspecified atom stereocenters. The fraction of sp³-hybridized carbons (Fsp3) is 0.240. The number of thioether (sulfide) groups is 1. The van der Waals surface area contributed by atoms with E-state index in [9.17, 15) is 17.6 Å². The quantitative estimate of drug-likeness (QED) is 0.319. The molecule has 0 radical (unpaired) electrons. The monoisotopic (exact) mass is 543 g/mol. The number of hydrogen-bond acceptors (Lipinski definition) is 8. The molecule has 0 N–H and O–H groups in total. The summed E-state index contributed by atoms with van der Waals surface area (Å²) in [5.74, 6) is -0.512. The van der Waals surface area contributed by atoms with Gasteiger partial charge in [-0.15, -0.1) is 0 Å². The number of nitrogens with zero attached hydrogens (tertiary/aromatic N) is 3. The van der Waals surface area contributed by atoms with E-state index in [4.69, 9.17) is 16.6 Å². The number of anilines is 1. The van der Waals surface area contributed by atoms with Crippen molar-refractivity contribution >= 4 is 56.0 Å². The molecule has 0 atom stereocenters. The van der Waals surface area contributed by atoms with Crippen molar-refractivity contribution in [3.8, 4) is 0 Å². The number of benzene rings is 2. The summed E-state index contributed by atoms with van der Waals surface area (Å²) in [7, 11) is -3.95. The van der Waals surface area contributed by atoms with Crippen LogP contribution in [0.3, 0.4) is 0 Å². The Morgan fingerprint density at radius 2 is 1.78 bits per heavy atom. The van der Waals surface area contributed by atoms with Crippen LogP contribution in [0.4, 0.5) is 10.3 Å². The van der Waals surface area contributed by atoms with Gasteiger partial charge in [-0.3, -0.25) is 9.69 Å². The molecule has 0 bridgehead atoms. The number of carbonyl (C=O) groups is 1. The summed E-state index contributed by atoms with van der Waals surface area (Å²) in [5, 5.41) is -0.165. The van der Waals surface area contributed by atoms with Crippen molar-refractivity contribution < 1.29 is 22.0 Å². The van der Waals surface area contributed by atoms with Crippen LogP contribution in [0.25, 0.3) is 6.08 Å². The smallest absolute Gasteiger partial charge is 0.266 e. The van der Waals surface area contributed by atoms with E-state index in [1.807, 2.05) is 11.8 Å². The van der Waals surface area contributed by atoms with Gasteiger partial charge in [0, 0.05) is 19.2 Å². The number of aromatic nitrogens is 1.